The van der Waals surface area contributed by atoms with E-state index in [9.17, 15) is 10.1 Å². The molecule has 1 rings (SSSR count). The van der Waals surface area contributed by atoms with Crippen molar-refractivity contribution in [2.75, 3.05) is 50.5 Å². The summed E-state index contributed by atoms with van der Waals surface area (Å²) < 4.78 is 0. The third-order valence-corrected chi connectivity index (χ3v) is 3.10. The number of aromatic nitrogens is 1. The molecule has 0 aromatic carbocycles. The fraction of sp³-hybridized carbons (Fsp3) is 0.643. The number of anilines is 2. The minimum absolute atomic E-state index is 0.0713. The van der Waals surface area contributed by atoms with Crippen LogP contribution in [0.3, 0.4) is 0 Å². The van der Waals surface area contributed by atoms with Gasteiger partial charge in [0.2, 0.25) is 0 Å². The molecule has 0 bridgehead atoms. The molecule has 0 aliphatic rings. The molecule has 1 aromatic rings. The predicted octanol–water partition coefficient (Wildman–Crippen LogP) is 2.20. The fourth-order valence-electron chi connectivity index (χ4n) is 2.05. The van der Waals surface area contributed by atoms with E-state index in [-0.39, 0.29) is 10.6 Å². The summed E-state index contributed by atoms with van der Waals surface area (Å²) >= 11 is 0. The van der Waals surface area contributed by atoms with Crippen LogP contribution in [-0.2, 0) is 0 Å². The first-order valence-electron chi connectivity index (χ1n) is 7.28. The fourth-order valence-corrected chi connectivity index (χ4v) is 2.05. The molecule has 0 aliphatic heterocycles. The maximum Gasteiger partial charge on any atom is 0.276 e. The minimum Gasteiger partial charge on any atom is -0.370 e. The van der Waals surface area contributed by atoms with Crippen LogP contribution in [0.15, 0.2) is 12.1 Å². The Labute approximate surface area is 126 Å². The van der Waals surface area contributed by atoms with E-state index in [1.54, 1.807) is 6.07 Å². The zero-order chi connectivity index (χ0) is 15.8. The van der Waals surface area contributed by atoms with Crippen LogP contribution in [0.1, 0.15) is 20.3 Å². The first-order chi connectivity index (χ1) is 9.97. The smallest absolute Gasteiger partial charge is 0.276 e. The molecule has 1 aromatic heterocycles. The van der Waals surface area contributed by atoms with Gasteiger partial charge in [-0.25, -0.2) is 4.98 Å². The van der Waals surface area contributed by atoms with Crippen molar-refractivity contribution < 1.29 is 4.92 Å². The van der Waals surface area contributed by atoms with Gasteiger partial charge in [-0.1, -0.05) is 0 Å². The number of nitrogens with one attached hydrogen (secondary N) is 1. The molecule has 1 heterocycles. The van der Waals surface area contributed by atoms with Crippen LogP contribution in [-0.4, -0.2) is 55.1 Å². The van der Waals surface area contributed by atoms with Crippen molar-refractivity contribution in [1.82, 2.24) is 9.88 Å². The molecule has 21 heavy (non-hydrogen) atoms. The first-order valence-corrected chi connectivity index (χ1v) is 7.28. The number of pyridine rings is 1. The normalized spacial score (nSPS) is 10.7. The highest BCUT2D eigenvalue weighted by Gasteiger charge is 2.14. The van der Waals surface area contributed by atoms with E-state index in [0.29, 0.717) is 18.2 Å². The monoisotopic (exact) mass is 295 g/mol. The second kappa shape index (κ2) is 8.41. The SMILES string of the molecule is CCNc1cc([N+](=O)[O-])cc(N(CC)CCCN(C)C)n1. The summed E-state index contributed by atoms with van der Waals surface area (Å²) in [7, 11) is 4.07. The molecular weight excluding hydrogens is 270 g/mol. The van der Waals surface area contributed by atoms with Gasteiger partial charge in [-0.15, -0.1) is 0 Å². The maximum absolute atomic E-state index is 11.0. The zero-order valence-electron chi connectivity index (χ0n) is 13.3. The van der Waals surface area contributed by atoms with Gasteiger partial charge < -0.3 is 15.1 Å². The Morgan fingerprint density at radius 1 is 1.29 bits per heavy atom. The Hall–Kier alpha value is -1.89. The minimum atomic E-state index is -0.375. The van der Waals surface area contributed by atoms with E-state index in [4.69, 9.17) is 0 Å². The van der Waals surface area contributed by atoms with Crippen LogP contribution in [0, 0.1) is 10.1 Å². The molecule has 7 nitrogen and oxygen atoms in total. The highest BCUT2D eigenvalue weighted by Crippen LogP contribution is 2.23. The Morgan fingerprint density at radius 3 is 2.52 bits per heavy atom. The molecule has 7 heteroatoms. The molecule has 0 spiro atoms. The lowest BCUT2D eigenvalue weighted by molar-refractivity contribution is -0.384. The number of hydrogen-bond donors (Lipinski definition) is 1. The predicted molar refractivity (Wildman–Crippen MR) is 86.1 cm³/mol. The summed E-state index contributed by atoms with van der Waals surface area (Å²) in [6.45, 7) is 7.23. The number of hydrogen-bond acceptors (Lipinski definition) is 6. The van der Waals surface area contributed by atoms with Crippen molar-refractivity contribution >= 4 is 17.3 Å². The lowest BCUT2D eigenvalue weighted by atomic mass is 10.3. The van der Waals surface area contributed by atoms with Gasteiger partial charge in [0.25, 0.3) is 5.69 Å². The van der Waals surface area contributed by atoms with Crippen LogP contribution in [0.4, 0.5) is 17.3 Å². The molecule has 0 aliphatic carbocycles. The molecule has 118 valence electrons. The molecule has 0 unspecified atom stereocenters. The number of nitrogens with zero attached hydrogens (tertiary/aromatic N) is 4. The van der Waals surface area contributed by atoms with E-state index < -0.39 is 0 Å². The van der Waals surface area contributed by atoms with Gasteiger partial charge in [0.15, 0.2) is 0 Å². The zero-order valence-corrected chi connectivity index (χ0v) is 13.3. The molecule has 1 N–H and O–H groups in total. The molecule has 0 saturated carbocycles. The van der Waals surface area contributed by atoms with E-state index in [0.717, 1.165) is 26.1 Å². The van der Waals surface area contributed by atoms with E-state index in [1.165, 1.54) is 6.07 Å². The van der Waals surface area contributed by atoms with Crippen molar-refractivity contribution in [3.8, 4) is 0 Å². The Balaban J connectivity index is 2.93. The van der Waals surface area contributed by atoms with Gasteiger partial charge in [-0.05, 0) is 40.9 Å². The summed E-state index contributed by atoms with van der Waals surface area (Å²) in [5, 5.41) is 14.1. The number of nitro groups is 1. The van der Waals surface area contributed by atoms with E-state index in [1.807, 2.05) is 27.9 Å². The van der Waals surface area contributed by atoms with Gasteiger partial charge in [0, 0.05) is 19.6 Å². The Kier molecular flexibility index (Phi) is 6.87. The van der Waals surface area contributed by atoms with Crippen molar-refractivity contribution in [2.24, 2.45) is 0 Å². The van der Waals surface area contributed by atoms with Crippen LogP contribution in [0.2, 0.25) is 0 Å². The maximum atomic E-state index is 11.0. The van der Waals surface area contributed by atoms with Crippen LogP contribution >= 0.6 is 0 Å². The second-order valence-corrected chi connectivity index (χ2v) is 5.09. The van der Waals surface area contributed by atoms with Crippen molar-refractivity contribution in [3.63, 3.8) is 0 Å². The lowest BCUT2D eigenvalue weighted by Crippen LogP contribution is -2.28. The van der Waals surface area contributed by atoms with Gasteiger partial charge >= 0.3 is 0 Å². The molecule has 0 atom stereocenters. The van der Waals surface area contributed by atoms with Gasteiger partial charge in [-0.3, -0.25) is 10.1 Å². The Bertz CT molecular complexity index is 465. The average Bonchev–Trinajstić information content (AvgIpc) is 2.43. The third kappa shape index (κ3) is 5.55. The van der Waals surface area contributed by atoms with E-state index in [2.05, 4.69) is 20.1 Å². The molecular formula is C14H25N5O2. The van der Waals surface area contributed by atoms with Gasteiger partial charge in [0.05, 0.1) is 17.1 Å². The summed E-state index contributed by atoms with van der Waals surface area (Å²) in [5.41, 5.74) is 0.0713. The molecule has 0 fully saturated rings. The highest BCUT2D eigenvalue weighted by atomic mass is 16.6. The van der Waals surface area contributed by atoms with Gasteiger partial charge in [0.1, 0.15) is 11.6 Å². The largest absolute Gasteiger partial charge is 0.370 e. The quantitative estimate of drug-likeness (QED) is 0.556. The van der Waals surface area contributed by atoms with Gasteiger partial charge in [-0.2, -0.15) is 0 Å². The van der Waals surface area contributed by atoms with Crippen molar-refractivity contribution in [2.45, 2.75) is 20.3 Å². The molecule has 0 radical (unpaired) electrons. The summed E-state index contributed by atoms with van der Waals surface area (Å²) in [6, 6.07) is 3.01. The summed E-state index contributed by atoms with van der Waals surface area (Å²) in [5.74, 6) is 1.20. The number of rotatable bonds is 9. The molecule has 0 amide bonds. The van der Waals surface area contributed by atoms with Crippen molar-refractivity contribution in [1.29, 1.82) is 0 Å². The second-order valence-electron chi connectivity index (χ2n) is 5.09. The van der Waals surface area contributed by atoms with Crippen LogP contribution in [0.25, 0.3) is 0 Å². The van der Waals surface area contributed by atoms with Crippen LogP contribution < -0.4 is 10.2 Å². The summed E-state index contributed by atoms with van der Waals surface area (Å²) in [6.07, 6.45) is 0.988. The van der Waals surface area contributed by atoms with Crippen molar-refractivity contribution in [3.05, 3.63) is 22.2 Å². The Morgan fingerprint density at radius 2 is 2.00 bits per heavy atom. The topological polar surface area (TPSA) is 74.5 Å². The van der Waals surface area contributed by atoms with Crippen LogP contribution in [0.5, 0.6) is 0 Å². The highest BCUT2D eigenvalue weighted by molar-refractivity contribution is 5.55. The van der Waals surface area contributed by atoms with E-state index >= 15 is 0 Å². The lowest BCUT2D eigenvalue weighted by Gasteiger charge is -2.23. The molecule has 0 saturated heterocycles. The summed E-state index contributed by atoms with van der Waals surface area (Å²) in [4.78, 5) is 19.3. The average molecular weight is 295 g/mol. The standard InChI is InChI=1S/C14H25N5O2/c1-5-15-13-10-12(19(20)21)11-14(16-13)18(6-2)9-7-8-17(3)4/h10-11H,5-9H2,1-4H3,(H,15,16). The third-order valence-electron chi connectivity index (χ3n) is 3.10. The first kappa shape index (κ1) is 17.2.